The van der Waals surface area contributed by atoms with Crippen LogP contribution in [0.4, 0.5) is 5.00 Å². The van der Waals surface area contributed by atoms with Crippen LogP contribution in [0.2, 0.25) is 5.02 Å². The van der Waals surface area contributed by atoms with Crippen molar-refractivity contribution in [2.75, 3.05) is 5.32 Å². The van der Waals surface area contributed by atoms with Gasteiger partial charge in [0.25, 0.3) is 11.8 Å². The second-order valence-electron chi connectivity index (χ2n) is 8.77. The SMILES string of the molecule is Cc1ccc(C(=O)NC(=S)Nc2sc3c(c2C(N)=O)CC[C@H](C(C)(C)C)C3)c(Cl)c1. The molecule has 0 fully saturated rings. The number of hydrogen-bond donors (Lipinski definition) is 3. The fourth-order valence-electron chi connectivity index (χ4n) is 3.78. The number of anilines is 1. The number of nitrogens with one attached hydrogen (secondary N) is 2. The van der Waals surface area contributed by atoms with E-state index in [9.17, 15) is 9.59 Å². The lowest BCUT2D eigenvalue weighted by Crippen LogP contribution is -2.34. The molecule has 5 nitrogen and oxygen atoms in total. The van der Waals surface area contributed by atoms with Gasteiger partial charge in [0.2, 0.25) is 0 Å². The maximum Gasteiger partial charge on any atom is 0.258 e. The molecular weight excluding hydrogens is 438 g/mol. The molecule has 1 heterocycles. The van der Waals surface area contributed by atoms with Gasteiger partial charge in [-0.05, 0) is 73.0 Å². The van der Waals surface area contributed by atoms with Crippen molar-refractivity contribution in [3.8, 4) is 0 Å². The molecule has 1 aliphatic rings. The maximum absolute atomic E-state index is 12.5. The summed E-state index contributed by atoms with van der Waals surface area (Å²) in [5.74, 6) is -0.361. The van der Waals surface area contributed by atoms with Gasteiger partial charge >= 0.3 is 0 Å². The Bertz CT molecular complexity index is 1020. The van der Waals surface area contributed by atoms with Crippen LogP contribution in [0.25, 0.3) is 0 Å². The van der Waals surface area contributed by atoms with Crippen molar-refractivity contribution in [2.45, 2.75) is 47.0 Å². The van der Waals surface area contributed by atoms with Crippen LogP contribution in [0, 0.1) is 18.3 Å². The highest BCUT2D eigenvalue weighted by atomic mass is 35.5. The van der Waals surface area contributed by atoms with Crippen molar-refractivity contribution in [3.05, 3.63) is 50.4 Å². The summed E-state index contributed by atoms with van der Waals surface area (Å²) in [5.41, 5.74) is 8.66. The number of hydrogen-bond acceptors (Lipinski definition) is 4. The highest BCUT2D eigenvalue weighted by Gasteiger charge is 2.33. The van der Waals surface area contributed by atoms with E-state index >= 15 is 0 Å². The number of thiocarbonyl (C=S) groups is 1. The number of halogens is 1. The quantitative estimate of drug-likeness (QED) is 0.553. The van der Waals surface area contributed by atoms with E-state index in [4.69, 9.17) is 29.6 Å². The molecule has 1 atom stereocenters. The Balaban J connectivity index is 1.79. The molecule has 4 N–H and O–H groups in total. The molecule has 0 saturated heterocycles. The van der Waals surface area contributed by atoms with E-state index in [1.54, 1.807) is 18.2 Å². The van der Waals surface area contributed by atoms with Crippen LogP contribution < -0.4 is 16.4 Å². The first-order chi connectivity index (χ1) is 14.0. The first-order valence-electron chi connectivity index (χ1n) is 9.80. The van der Waals surface area contributed by atoms with Gasteiger partial charge in [0, 0.05) is 4.88 Å². The Morgan fingerprint density at radius 1 is 1.30 bits per heavy atom. The normalized spacial score (nSPS) is 16.0. The number of amides is 2. The van der Waals surface area contributed by atoms with Gasteiger partial charge in [0.15, 0.2) is 5.11 Å². The third kappa shape index (κ3) is 4.85. The van der Waals surface area contributed by atoms with Crippen LogP contribution in [-0.4, -0.2) is 16.9 Å². The van der Waals surface area contributed by atoms with Gasteiger partial charge in [0.1, 0.15) is 5.00 Å². The van der Waals surface area contributed by atoms with Crippen molar-refractivity contribution < 1.29 is 9.59 Å². The minimum Gasteiger partial charge on any atom is -0.365 e. The first kappa shape index (κ1) is 22.7. The fourth-order valence-corrected chi connectivity index (χ4v) is 5.70. The standard InChI is InChI=1S/C22H26ClN3O2S2/c1-11-5-7-13(15(23)9-11)19(28)25-21(29)26-20-17(18(24)27)14-8-6-12(22(2,3)4)10-16(14)30-20/h5,7,9,12H,6,8,10H2,1-4H3,(H2,24,27)(H2,25,26,28,29)/t12-/m0/s1. The lowest BCUT2D eigenvalue weighted by molar-refractivity contribution is 0.0975. The zero-order valence-corrected chi connectivity index (χ0v) is 19.9. The Labute approximate surface area is 191 Å². The number of thiophene rings is 1. The van der Waals surface area contributed by atoms with Crippen molar-refractivity contribution in [1.29, 1.82) is 0 Å². The van der Waals surface area contributed by atoms with Crippen molar-refractivity contribution in [1.82, 2.24) is 5.32 Å². The molecule has 0 saturated carbocycles. The number of rotatable bonds is 3. The number of aryl methyl sites for hydroxylation is 1. The number of primary amides is 1. The molecule has 0 unspecified atom stereocenters. The zero-order valence-electron chi connectivity index (χ0n) is 17.5. The van der Waals surface area contributed by atoms with Gasteiger partial charge in [-0.2, -0.15) is 0 Å². The van der Waals surface area contributed by atoms with Crippen LogP contribution in [-0.2, 0) is 12.8 Å². The number of fused-ring (bicyclic) bond motifs is 1. The van der Waals surface area contributed by atoms with E-state index in [0.717, 1.165) is 35.3 Å². The van der Waals surface area contributed by atoms with E-state index in [-0.39, 0.29) is 10.5 Å². The second-order valence-corrected chi connectivity index (χ2v) is 10.7. The Hall–Kier alpha value is -1.96. The molecule has 30 heavy (non-hydrogen) atoms. The molecule has 1 aliphatic carbocycles. The summed E-state index contributed by atoms with van der Waals surface area (Å²) in [7, 11) is 0. The van der Waals surface area contributed by atoms with Gasteiger partial charge in [-0.25, -0.2) is 0 Å². The summed E-state index contributed by atoms with van der Waals surface area (Å²) in [6.45, 7) is 8.62. The number of nitrogens with two attached hydrogens (primary N) is 1. The first-order valence-corrected chi connectivity index (χ1v) is 11.4. The largest absolute Gasteiger partial charge is 0.365 e. The molecule has 0 radical (unpaired) electrons. The lowest BCUT2D eigenvalue weighted by atomic mass is 9.72. The van der Waals surface area contributed by atoms with Crippen LogP contribution in [0.5, 0.6) is 0 Å². The van der Waals surface area contributed by atoms with Crippen molar-refractivity contribution >= 4 is 57.1 Å². The molecule has 2 amide bonds. The molecule has 2 aromatic rings. The van der Waals surface area contributed by atoms with E-state index < -0.39 is 11.8 Å². The lowest BCUT2D eigenvalue weighted by Gasteiger charge is -2.33. The molecule has 1 aromatic carbocycles. The average molecular weight is 464 g/mol. The summed E-state index contributed by atoms with van der Waals surface area (Å²) >= 11 is 13.0. The van der Waals surface area contributed by atoms with Gasteiger partial charge in [-0.3, -0.25) is 14.9 Å². The van der Waals surface area contributed by atoms with Gasteiger partial charge in [-0.15, -0.1) is 11.3 Å². The number of benzene rings is 1. The Morgan fingerprint density at radius 2 is 2.00 bits per heavy atom. The molecule has 160 valence electrons. The smallest absolute Gasteiger partial charge is 0.258 e. The molecule has 3 rings (SSSR count). The third-order valence-electron chi connectivity index (χ3n) is 5.56. The van der Waals surface area contributed by atoms with E-state index in [1.165, 1.54) is 11.3 Å². The van der Waals surface area contributed by atoms with E-state index in [0.29, 0.717) is 27.1 Å². The predicted octanol–water partition coefficient (Wildman–Crippen LogP) is 5.09. The molecule has 0 bridgehead atoms. The molecular formula is C22H26ClN3O2S2. The Kier molecular flexibility index (Phi) is 6.55. The summed E-state index contributed by atoms with van der Waals surface area (Å²) in [4.78, 5) is 25.9. The number of carbonyl (C=O) groups is 2. The molecule has 0 aliphatic heterocycles. The van der Waals surface area contributed by atoms with Gasteiger partial charge in [-0.1, -0.05) is 38.4 Å². The van der Waals surface area contributed by atoms with Crippen molar-refractivity contribution in [2.24, 2.45) is 17.1 Å². The minimum atomic E-state index is -0.486. The van der Waals surface area contributed by atoms with Crippen molar-refractivity contribution in [3.63, 3.8) is 0 Å². The molecule has 8 heteroatoms. The molecule has 1 aromatic heterocycles. The van der Waals surface area contributed by atoms with Gasteiger partial charge in [0.05, 0.1) is 16.1 Å². The molecule has 0 spiro atoms. The highest BCUT2D eigenvalue weighted by molar-refractivity contribution is 7.80. The predicted molar refractivity (Wildman–Crippen MR) is 128 cm³/mol. The topological polar surface area (TPSA) is 84.2 Å². The van der Waals surface area contributed by atoms with E-state index in [1.807, 2.05) is 6.92 Å². The monoisotopic (exact) mass is 463 g/mol. The summed E-state index contributed by atoms with van der Waals surface area (Å²) in [6, 6.07) is 5.18. The van der Waals surface area contributed by atoms with Crippen LogP contribution in [0.15, 0.2) is 18.2 Å². The maximum atomic E-state index is 12.5. The summed E-state index contributed by atoms with van der Waals surface area (Å²) in [5, 5.41) is 6.69. The highest BCUT2D eigenvalue weighted by Crippen LogP contribution is 2.44. The van der Waals surface area contributed by atoms with Crippen LogP contribution in [0.3, 0.4) is 0 Å². The Morgan fingerprint density at radius 3 is 2.60 bits per heavy atom. The summed E-state index contributed by atoms with van der Waals surface area (Å²) in [6.07, 6.45) is 2.73. The minimum absolute atomic E-state index is 0.102. The number of carbonyl (C=O) groups excluding carboxylic acids is 2. The van der Waals surface area contributed by atoms with Crippen LogP contribution in [0.1, 0.15) is 63.9 Å². The summed E-state index contributed by atoms with van der Waals surface area (Å²) < 4.78 is 0. The zero-order chi connectivity index (χ0) is 22.2. The van der Waals surface area contributed by atoms with E-state index in [2.05, 4.69) is 31.4 Å². The fraction of sp³-hybridized carbons (Fsp3) is 0.409. The average Bonchev–Trinajstić information content (AvgIpc) is 2.97. The van der Waals surface area contributed by atoms with Crippen LogP contribution >= 0.6 is 35.2 Å². The second kappa shape index (κ2) is 8.65. The third-order valence-corrected chi connectivity index (χ3v) is 7.25. The van der Waals surface area contributed by atoms with Gasteiger partial charge < -0.3 is 11.1 Å².